The van der Waals surface area contributed by atoms with Crippen molar-refractivity contribution in [3.63, 3.8) is 0 Å². The first-order valence-electron chi connectivity index (χ1n) is 5.66. The topological polar surface area (TPSA) is 58.6 Å². The Bertz CT molecular complexity index is 428. The lowest BCUT2D eigenvalue weighted by molar-refractivity contribution is -0.141. The van der Waals surface area contributed by atoms with E-state index < -0.39 is 0 Å². The van der Waals surface area contributed by atoms with Gasteiger partial charge in [-0.1, -0.05) is 12.1 Å². The predicted octanol–water partition coefficient (Wildman–Crippen LogP) is 1.66. The second kappa shape index (κ2) is 6.05. The Labute approximate surface area is 107 Å². The van der Waals surface area contributed by atoms with Crippen LogP contribution in [-0.2, 0) is 9.59 Å². The molecule has 5 nitrogen and oxygen atoms in total. The molecule has 1 aromatic carbocycles. The standard InChI is InChI=1S/C13H18N2O3/c1-9(15(11(3)17)14-10(2)16)12-5-7-13(18-4)8-6-12/h5-9H,1-4H3,(H,14,16). The minimum Gasteiger partial charge on any atom is -0.497 e. The van der Waals surface area contributed by atoms with Crippen molar-refractivity contribution in [3.8, 4) is 5.75 Å². The Hall–Kier alpha value is -2.04. The highest BCUT2D eigenvalue weighted by Gasteiger charge is 2.19. The van der Waals surface area contributed by atoms with E-state index >= 15 is 0 Å². The van der Waals surface area contributed by atoms with Crippen LogP contribution >= 0.6 is 0 Å². The molecule has 18 heavy (non-hydrogen) atoms. The molecule has 0 radical (unpaired) electrons. The number of hydrogen-bond donors (Lipinski definition) is 1. The van der Waals surface area contributed by atoms with E-state index in [1.54, 1.807) is 7.11 Å². The van der Waals surface area contributed by atoms with Crippen LogP contribution in [0.2, 0.25) is 0 Å². The molecule has 0 aromatic heterocycles. The van der Waals surface area contributed by atoms with Crippen LogP contribution in [0.4, 0.5) is 0 Å². The zero-order valence-corrected chi connectivity index (χ0v) is 11.1. The lowest BCUT2D eigenvalue weighted by Gasteiger charge is -2.28. The highest BCUT2D eigenvalue weighted by atomic mass is 16.5. The molecule has 98 valence electrons. The Morgan fingerprint density at radius 3 is 2.17 bits per heavy atom. The summed E-state index contributed by atoms with van der Waals surface area (Å²) in [5, 5.41) is 1.31. The van der Waals surface area contributed by atoms with E-state index in [1.165, 1.54) is 18.9 Å². The molecule has 1 atom stereocenters. The average Bonchev–Trinajstić information content (AvgIpc) is 2.34. The van der Waals surface area contributed by atoms with Gasteiger partial charge in [0.2, 0.25) is 11.8 Å². The maximum atomic E-state index is 11.5. The third-order valence-corrected chi connectivity index (χ3v) is 2.60. The highest BCUT2D eigenvalue weighted by molar-refractivity contribution is 5.79. The van der Waals surface area contributed by atoms with E-state index in [2.05, 4.69) is 5.43 Å². The average molecular weight is 250 g/mol. The molecule has 0 aliphatic rings. The summed E-state index contributed by atoms with van der Waals surface area (Å²) in [6.07, 6.45) is 0. The SMILES string of the molecule is COc1ccc(C(C)N(NC(C)=O)C(C)=O)cc1. The van der Waals surface area contributed by atoms with E-state index in [-0.39, 0.29) is 17.9 Å². The molecule has 0 bridgehead atoms. The van der Waals surface area contributed by atoms with Crippen LogP contribution in [0.1, 0.15) is 32.4 Å². The maximum absolute atomic E-state index is 11.5. The molecule has 0 fully saturated rings. The number of rotatable bonds is 3. The van der Waals surface area contributed by atoms with Gasteiger partial charge in [-0.15, -0.1) is 0 Å². The molecule has 0 saturated heterocycles. The Morgan fingerprint density at radius 1 is 1.22 bits per heavy atom. The van der Waals surface area contributed by atoms with Gasteiger partial charge in [-0.05, 0) is 24.6 Å². The number of ether oxygens (including phenoxy) is 1. The van der Waals surface area contributed by atoms with Crippen molar-refractivity contribution >= 4 is 11.8 Å². The largest absolute Gasteiger partial charge is 0.497 e. The van der Waals surface area contributed by atoms with Crippen LogP contribution < -0.4 is 10.2 Å². The zero-order chi connectivity index (χ0) is 13.7. The first-order chi connectivity index (χ1) is 8.45. The molecule has 1 aromatic rings. The number of hydrazine groups is 1. The summed E-state index contributed by atoms with van der Waals surface area (Å²) in [5.74, 6) is 0.263. The number of amides is 2. The fourth-order valence-corrected chi connectivity index (χ4v) is 1.65. The van der Waals surface area contributed by atoms with Gasteiger partial charge in [-0.25, -0.2) is 5.01 Å². The van der Waals surface area contributed by atoms with Gasteiger partial charge >= 0.3 is 0 Å². The van der Waals surface area contributed by atoms with Gasteiger partial charge in [0.05, 0.1) is 13.2 Å². The van der Waals surface area contributed by atoms with Crippen LogP contribution in [0.15, 0.2) is 24.3 Å². The van der Waals surface area contributed by atoms with Crippen LogP contribution in [0.5, 0.6) is 5.75 Å². The van der Waals surface area contributed by atoms with Crippen molar-refractivity contribution in [2.45, 2.75) is 26.8 Å². The van der Waals surface area contributed by atoms with Crippen molar-refractivity contribution in [3.05, 3.63) is 29.8 Å². The summed E-state index contributed by atoms with van der Waals surface area (Å²) in [4.78, 5) is 22.6. The molecule has 5 heteroatoms. The molecule has 0 aliphatic carbocycles. The van der Waals surface area contributed by atoms with Crippen LogP contribution in [0, 0.1) is 0 Å². The summed E-state index contributed by atoms with van der Waals surface area (Å²) >= 11 is 0. The molecule has 1 unspecified atom stereocenters. The summed E-state index contributed by atoms with van der Waals surface area (Å²) in [7, 11) is 1.59. The van der Waals surface area contributed by atoms with E-state index in [9.17, 15) is 9.59 Å². The molecule has 2 amide bonds. The van der Waals surface area contributed by atoms with Gasteiger partial charge in [0.25, 0.3) is 0 Å². The van der Waals surface area contributed by atoms with Crippen molar-refractivity contribution in [1.82, 2.24) is 10.4 Å². The number of hydrogen-bond acceptors (Lipinski definition) is 3. The molecule has 0 saturated carbocycles. The monoisotopic (exact) mass is 250 g/mol. The summed E-state index contributed by atoms with van der Waals surface area (Å²) in [5.41, 5.74) is 3.44. The lowest BCUT2D eigenvalue weighted by Crippen LogP contribution is -2.45. The number of carbonyl (C=O) groups excluding carboxylic acids is 2. The molecular weight excluding hydrogens is 232 g/mol. The first-order valence-corrected chi connectivity index (χ1v) is 5.66. The van der Waals surface area contributed by atoms with Gasteiger partial charge < -0.3 is 4.74 Å². The molecule has 1 rings (SSSR count). The Kier molecular flexibility index (Phi) is 4.71. The molecule has 0 heterocycles. The lowest BCUT2D eigenvalue weighted by atomic mass is 10.1. The molecular formula is C13H18N2O3. The summed E-state index contributed by atoms with van der Waals surface area (Å²) < 4.78 is 5.07. The number of nitrogens with one attached hydrogen (secondary N) is 1. The number of carbonyl (C=O) groups is 2. The van der Waals surface area contributed by atoms with E-state index in [0.29, 0.717) is 0 Å². The molecule has 0 aliphatic heterocycles. The fourth-order valence-electron chi connectivity index (χ4n) is 1.65. The second-order valence-corrected chi connectivity index (χ2v) is 4.01. The minimum absolute atomic E-state index is 0.214. The summed E-state index contributed by atoms with van der Waals surface area (Å²) in [6, 6.07) is 7.12. The van der Waals surface area contributed by atoms with Crippen molar-refractivity contribution in [2.75, 3.05) is 7.11 Å². The van der Waals surface area contributed by atoms with Crippen LogP contribution in [0.3, 0.4) is 0 Å². The van der Waals surface area contributed by atoms with Crippen LogP contribution in [-0.4, -0.2) is 23.9 Å². The van der Waals surface area contributed by atoms with E-state index in [4.69, 9.17) is 4.74 Å². The highest BCUT2D eigenvalue weighted by Crippen LogP contribution is 2.21. The predicted molar refractivity (Wildman–Crippen MR) is 67.7 cm³/mol. The third-order valence-electron chi connectivity index (χ3n) is 2.60. The normalized spacial score (nSPS) is 11.6. The minimum atomic E-state index is -0.273. The summed E-state index contributed by atoms with van der Waals surface area (Å²) in [6.45, 7) is 4.63. The number of benzene rings is 1. The van der Waals surface area contributed by atoms with Gasteiger partial charge in [-0.3, -0.25) is 15.0 Å². The second-order valence-electron chi connectivity index (χ2n) is 4.01. The Balaban J connectivity index is 2.90. The quantitative estimate of drug-likeness (QED) is 0.830. The fraction of sp³-hybridized carbons (Fsp3) is 0.385. The van der Waals surface area contributed by atoms with Gasteiger partial charge in [0.15, 0.2) is 0 Å². The number of nitrogens with zero attached hydrogens (tertiary/aromatic N) is 1. The smallest absolute Gasteiger partial charge is 0.238 e. The van der Waals surface area contributed by atoms with Gasteiger partial charge in [0, 0.05) is 13.8 Å². The van der Waals surface area contributed by atoms with Gasteiger partial charge in [0.1, 0.15) is 5.75 Å². The number of methoxy groups -OCH3 is 1. The zero-order valence-electron chi connectivity index (χ0n) is 11.1. The Morgan fingerprint density at radius 2 is 1.78 bits per heavy atom. The van der Waals surface area contributed by atoms with Crippen molar-refractivity contribution < 1.29 is 14.3 Å². The van der Waals surface area contributed by atoms with E-state index in [0.717, 1.165) is 11.3 Å². The van der Waals surface area contributed by atoms with E-state index in [1.807, 2.05) is 31.2 Å². The maximum Gasteiger partial charge on any atom is 0.238 e. The van der Waals surface area contributed by atoms with Crippen molar-refractivity contribution in [2.24, 2.45) is 0 Å². The van der Waals surface area contributed by atoms with Crippen molar-refractivity contribution in [1.29, 1.82) is 0 Å². The van der Waals surface area contributed by atoms with Crippen LogP contribution in [0.25, 0.3) is 0 Å². The molecule has 0 spiro atoms. The first kappa shape index (κ1) is 14.0. The molecule has 1 N–H and O–H groups in total. The third kappa shape index (κ3) is 3.48. The van der Waals surface area contributed by atoms with Gasteiger partial charge in [-0.2, -0.15) is 0 Å².